The van der Waals surface area contributed by atoms with Gasteiger partial charge in [-0.1, -0.05) is 78.7 Å². The third-order valence-corrected chi connectivity index (χ3v) is 6.76. The van der Waals surface area contributed by atoms with E-state index in [1.54, 1.807) is 6.07 Å². The predicted octanol–water partition coefficient (Wildman–Crippen LogP) is 9.48. The summed E-state index contributed by atoms with van der Waals surface area (Å²) in [6, 6.07) is 14.4. The minimum atomic E-state index is -0.421. The lowest BCUT2D eigenvalue weighted by atomic mass is 9.91. The fourth-order valence-corrected chi connectivity index (χ4v) is 5.13. The Labute approximate surface area is 204 Å². The summed E-state index contributed by atoms with van der Waals surface area (Å²) in [7, 11) is 0. The molecule has 32 heavy (non-hydrogen) atoms. The number of halogens is 1. The summed E-state index contributed by atoms with van der Waals surface area (Å²) in [5.41, 5.74) is 2.37. The molecule has 0 amide bonds. The molecular weight excluding hydrogens is 456 g/mol. The minimum absolute atomic E-state index is 0.159. The van der Waals surface area contributed by atoms with Crippen LogP contribution in [0.1, 0.15) is 11.0 Å². The smallest absolute Gasteiger partial charge is 0.143 e. The van der Waals surface area contributed by atoms with E-state index in [9.17, 15) is 0 Å². The number of hydrogen-bond donors (Lipinski definition) is 0. The van der Waals surface area contributed by atoms with Crippen molar-refractivity contribution >= 4 is 70.2 Å². The summed E-state index contributed by atoms with van der Waals surface area (Å²) in [6.07, 6.45) is 0. The Balaban J connectivity index is 1.69. The van der Waals surface area contributed by atoms with E-state index in [1.807, 2.05) is 48.5 Å². The van der Waals surface area contributed by atoms with Gasteiger partial charge in [-0.05, 0) is 78.3 Å². The first kappa shape index (κ1) is 11.8. The zero-order valence-electron chi connectivity index (χ0n) is 24.5. The SMILES string of the molecule is [2H]c1c([2H])c([2H])c2c(-c3ccc4c(ccc5c6ccccc6oc45)c3)c3c([2H])c([2H])c([2H])c([2H])c3c(Br)c2c1[2H]. The van der Waals surface area contributed by atoms with Crippen LogP contribution in [0.25, 0.3) is 65.4 Å². The summed E-state index contributed by atoms with van der Waals surface area (Å²) in [5, 5.41) is 4.32. The first-order valence-electron chi connectivity index (χ1n) is 14.1. The Morgan fingerprint density at radius 1 is 0.625 bits per heavy atom. The van der Waals surface area contributed by atoms with Crippen molar-refractivity contribution < 1.29 is 15.4 Å². The Hall–Kier alpha value is -3.62. The van der Waals surface area contributed by atoms with E-state index in [0.29, 0.717) is 11.1 Å². The molecule has 150 valence electrons. The molecule has 7 aromatic rings. The van der Waals surface area contributed by atoms with Crippen molar-refractivity contribution in [3.8, 4) is 11.1 Å². The molecule has 0 saturated carbocycles. The van der Waals surface area contributed by atoms with Gasteiger partial charge < -0.3 is 4.42 Å². The van der Waals surface area contributed by atoms with E-state index in [2.05, 4.69) is 15.9 Å². The number of para-hydroxylation sites is 1. The first-order valence-corrected chi connectivity index (χ1v) is 10.9. The molecule has 0 fully saturated rings. The van der Waals surface area contributed by atoms with Crippen molar-refractivity contribution in [2.45, 2.75) is 0 Å². The van der Waals surface area contributed by atoms with Gasteiger partial charge in [-0.3, -0.25) is 0 Å². The van der Waals surface area contributed by atoms with Gasteiger partial charge in [-0.15, -0.1) is 0 Å². The van der Waals surface area contributed by atoms with Crippen molar-refractivity contribution in [2.75, 3.05) is 0 Å². The third-order valence-electron chi connectivity index (χ3n) is 5.96. The molecule has 6 aromatic carbocycles. The maximum atomic E-state index is 8.82. The second-order valence-electron chi connectivity index (χ2n) is 7.67. The van der Waals surface area contributed by atoms with Gasteiger partial charge in [-0.25, -0.2) is 0 Å². The van der Waals surface area contributed by atoms with E-state index >= 15 is 0 Å². The molecule has 0 atom stereocenters. The normalized spacial score (nSPS) is 15.4. The lowest BCUT2D eigenvalue weighted by molar-refractivity contribution is 0.672. The number of furan rings is 1. The largest absolute Gasteiger partial charge is 0.455 e. The van der Waals surface area contributed by atoms with Crippen molar-refractivity contribution in [3.63, 3.8) is 0 Å². The van der Waals surface area contributed by atoms with Crippen LogP contribution in [0.4, 0.5) is 0 Å². The number of hydrogen-bond acceptors (Lipinski definition) is 1. The zero-order valence-corrected chi connectivity index (χ0v) is 18.1. The molecule has 1 aromatic heterocycles. The van der Waals surface area contributed by atoms with Crippen molar-refractivity contribution in [1.29, 1.82) is 0 Å². The summed E-state index contributed by atoms with van der Waals surface area (Å²) >= 11 is 3.45. The second kappa shape index (κ2) is 6.69. The third kappa shape index (κ3) is 2.44. The van der Waals surface area contributed by atoms with Crippen LogP contribution >= 0.6 is 15.9 Å². The fourth-order valence-electron chi connectivity index (χ4n) is 4.53. The van der Waals surface area contributed by atoms with Crippen LogP contribution in [0.15, 0.2) is 112 Å². The molecule has 7 rings (SSSR count). The molecule has 0 unspecified atom stereocenters. The van der Waals surface area contributed by atoms with Crippen molar-refractivity contribution in [3.05, 3.63) is 107 Å². The van der Waals surface area contributed by atoms with Gasteiger partial charge in [0.05, 0.1) is 11.0 Å². The van der Waals surface area contributed by atoms with Gasteiger partial charge in [0.25, 0.3) is 0 Å². The molecule has 0 radical (unpaired) electrons. The summed E-state index contributed by atoms with van der Waals surface area (Å²) in [6.45, 7) is 0. The summed E-state index contributed by atoms with van der Waals surface area (Å²) in [5.74, 6) is 0. The van der Waals surface area contributed by atoms with Gasteiger partial charge in [0.1, 0.15) is 11.2 Å². The average molecular weight is 481 g/mol. The molecule has 0 aliphatic rings. The Morgan fingerprint density at radius 3 is 2.03 bits per heavy atom. The maximum absolute atomic E-state index is 8.82. The van der Waals surface area contributed by atoms with E-state index in [-0.39, 0.29) is 50.2 Å². The van der Waals surface area contributed by atoms with Gasteiger partial charge in [0.15, 0.2) is 0 Å². The standard InChI is InChI=1S/C30H17BrO/c31-29-24-10-3-1-8-22(24)28(23-9-2-4-11-25(23)29)19-14-15-20-18(17-19)13-16-26-21-7-5-6-12-27(21)32-30(20)26/h1-17H/i1D,2D,3D,4D,8D,9D,10D,11D. The van der Waals surface area contributed by atoms with Gasteiger partial charge in [0, 0.05) is 20.6 Å². The molecular formula is C30H17BrO. The Kier molecular flexibility index (Phi) is 2.48. The fraction of sp³-hybridized carbons (Fsp3) is 0. The predicted molar refractivity (Wildman–Crippen MR) is 139 cm³/mol. The Morgan fingerprint density at radius 2 is 1.28 bits per heavy atom. The molecule has 0 spiro atoms. The average Bonchev–Trinajstić information content (AvgIpc) is 3.35. The van der Waals surface area contributed by atoms with Gasteiger partial charge >= 0.3 is 0 Å². The summed E-state index contributed by atoms with van der Waals surface area (Å²) < 4.78 is 74.7. The Bertz CT molecular complexity index is 2190. The monoisotopic (exact) mass is 480 g/mol. The van der Waals surface area contributed by atoms with Crippen LogP contribution in [-0.2, 0) is 0 Å². The lowest BCUT2D eigenvalue weighted by Crippen LogP contribution is -1.88. The van der Waals surface area contributed by atoms with Crippen molar-refractivity contribution in [1.82, 2.24) is 0 Å². The lowest BCUT2D eigenvalue weighted by Gasteiger charge is -2.15. The molecule has 1 nitrogen and oxygen atoms in total. The molecule has 0 saturated heterocycles. The molecule has 1 heterocycles. The number of fused-ring (bicyclic) bond motifs is 7. The van der Waals surface area contributed by atoms with Crippen molar-refractivity contribution in [2.24, 2.45) is 0 Å². The highest BCUT2D eigenvalue weighted by molar-refractivity contribution is 9.10. The minimum Gasteiger partial charge on any atom is -0.455 e. The van der Waals surface area contributed by atoms with Crippen LogP contribution in [0.2, 0.25) is 0 Å². The molecule has 2 heteroatoms. The topological polar surface area (TPSA) is 13.1 Å². The number of rotatable bonds is 1. The van der Waals surface area contributed by atoms with E-state index in [0.717, 1.165) is 32.7 Å². The first-order chi connectivity index (χ1) is 19.1. The van der Waals surface area contributed by atoms with E-state index in [1.165, 1.54) is 0 Å². The van der Waals surface area contributed by atoms with E-state index in [4.69, 9.17) is 15.4 Å². The van der Waals surface area contributed by atoms with Crippen LogP contribution in [0, 0.1) is 0 Å². The zero-order chi connectivity index (χ0) is 28.2. The van der Waals surface area contributed by atoms with Crippen LogP contribution in [-0.4, -0.2) is 0 Å². The molecule has 0 bridgehead atoms. The van der Waals surface area contributed by atoms with Crippen LogP contribution < -0.4 is 0 Å². The highest BCUT2D eigenvalue weighted by atomic mass is 79.9. The van der Waals surface area contributed by atoms with Crippen LogP contribution in [0.5, 0.6) is 0 Å². The molecule has 0 aliphatic carbocycles. The van der Waals surface area contributed by atoms with E-state index < -0.39 is 24.2 Å². The molecule has 0 N–H and O–H groups in total. The van der Waals surface area contributed by atoms with Gasteiger partial charge in [-0.2, -0.15) is 0 Å². The number of benzene rings is 6. The van der Waals surface area contributed by atoms with Crippen LogP contribution in [0.3, 0.4) is 0 Å². The second-order valence-corrected chi connectivity index (χ2v) is 8.46. The van der Waals surface area contributed by atoms with Gasteiger partial charge in [0.2, 0.25) is 0 Å². The summed E-state index contributed by atoms with van der Waals surface area (Å²) in [4.78, 5) is 0. The highest BCUT2D eigenvalue weighted by Gasteiger charge is 2.15. The quantitative estimate of drug-likeness (QED) is 0.213. The maximum Gasteiger partial charge on any atom is 0.143 e. The highest BCUT2D eigenvalue weighted by Crippen LogP contribution is 2.43. The molecule has 0 aliphatic heterocycles.